The molecule has 0 aliphatic heterocycles. The molecule has 0 spiro atoms. The summed E-state index contributed by atoms with van der Waals surface area (Å²) in [7, 11) is 1.78. The quantitative estimate of drug-likeness (QED) is 0.384. The summed E-state index contributed by atoms with van der Waals surface area (Å²) in [5, 5.41) is 9.04. The van der Waals surface area contributed by atoms with Crippen molar-refractivity contribution in [3.05, 3.63) is 83.2 Å². The fraction of sp³-hybridized carbons (Fsp3) is 0.360. The standard InChI is InChI=1S/C25H30N4O/c1-5-6-16-28-19(3)18(2)17-23(28)24(25(30-4)20-12-8-7-9-13-20)29-22-15-11-10-14-21(22)26-27-29/h7-15,17,24-25H,5-6,16H2,1-4H3. The number of fused-ring (bicyclic) bond motifs is 1. The average Bonchev–Trinajstić information content (AvgIpc) is 3.32. The molecule has 4 aromatic rings. The molecule has 2 unspecified atom stereocenters. The third kappa shape index (κ3) is 3.65. The van der Waals surface area contributed by atoms with Crippen molar-refractivity contribution in [2.24, 2.45) is 0 Å². The lowest BCUT2D eigenvalue weighted by molar-refractivity contribution is 0.0634. The zero-order valence-corrected chi connectivity index (χ0v) is 18.2. The Labute approximate surface area is 178 Å². The minimum absolute atomic E-state index is 0.131. The fourth-order valence-electron chi connectivity index (χ4n) is 4.26. The normalized spacial score (nSPS) is 13.6. The number of unbranched alkanes of at least 4 members (excludes halogenated alkanes) is 1. The lowest BCUT2D eigenvalue weighted by atomic mass is 9.98. The monoisotopic (exact) mass is 402 g/mol. The highest BCUT2D eigenvalue weighted by atomic mass is 16.5. The Morgan fingerprint density at radius 3 is 2.47 bits per heavy atom. The summed E-state index contributed by atoms with van der Waals surface area (Å²) in [4.78, 5) is 0. The Balaban J connectivity index is 1.94. The Kier molecular flexibility index (Phi) is 6.00. The lowest BCUT2D eigenvalue weighted by Gasteiger charge is -2.28. The van der Waals surface area contributed by atoms with E-state index in [0.29, 0.717) is 0 Å². The first kappa shape index (κ1) is 20.4. The highest BCUT2D eigenvalue weighted by molar-refractivity contribution is 5.74. The van der Waals surface area contributed by atoms with Crippen LogP contribution in [0, 0.1) is 13.8 Å². The van der Waals surface area contributed by atoms with E-state index < -0.39 is 0 Å². The van der Waals surface area contributed by atoms with Crippen molar-refractivity contribution >= 4 is 11.0 Å². The molecule has 2 aromatic heterocycles. The number of ether oxygens (including phenoxy) is 1. The Morgan fingerprint density at radius 1 is 1.00 bits per heavy atom. The Bertz CT molecular complexity index is 1110. The van der Waals surface area contributed by atoms with E-state index in [2.05, 4.69) is 72.0 Å². The highest BCUT2D eigenvalue weighted by Crippen LogP contribution is 2.38. The summed E-state index contributed by atoms with van der Waals surface area (Å²) >= 11 is 0. The predicted molar refractivity (Wildman–Crippen MR) is 121 cm³/mol. The number of hydrogen-bond acceptors (Lipinski definition) is 3. The molecule has 2 aromatic carbocycles. The molecule has 0 amide bonds. The van der Waals surface area contributed by atoms with Crippen molar-refractivity contribution < 1.29 is 4.74 Å². The van der Waals surface area contributed by atoms with Crippen molar-refractivity contribution in [1.82, 2.24) is 19.6 Å². The highest BCUT2D eigenvalue weighted by Gasteiger charge is 2.32. The number of aromatic nitrogens is 4. The van der Waals surface area contributed by atoms with E-state index in [1.165, 1.54) is 17.0 Å². The second kappa shape index (κ2) is 8.84. The van der Waals surface area contributed by atoms with Crippen molar-refractivity contribution in [2.45, 2.75) is 52.3 Å². The van der Waals surface area contributed by atoms with E-state index in [4.69, 9.17) is 4.74 Å². The zero-order valence-electron chi connectivity index (χ0n) is 18.2. The number of nitrogens with zero attached hydrogens (tertiary/aromatic N) is 4. The van der Waals surface area contributed by atoms with E-state index in [9.17, 15) is 0 Å². The first-order valence-electron chi connectivity index (χ1n) is 10.7. The molecule has 0 N–H and O–H groups in total. The third-order valence-electron chi connectivity index (χ3n) is 6.00. The molecule has 0 aliphatic rings. The maximum Gasteiger partial charge on any atom is 0.125 e. The van der Waals surface area contributed by atoms with Crippen LogP contribution in [-0.4, -0.2) is 26.7 Å². The molecule has 5 heteroatoms. The minimum atomic E-state index is -0.189. The number of benzene rings is 2. The van der Waals surface area contributed by atoms with Crippen LogP contribution in [0.5, 0.6) is 0 Å². The van der Waals surface area contributed by atoms with Crippen LogP contribution in [0.3, 0.4) is 0 Å². The van der Waals surface area contributed by atoms with Gasteiger partial charge in [-0.05, 0) is 49.6 Å². The molecule has 0 fully saturated rings. The van der Waals surface area contributed by atoms with E-state index >= 15 is 0 Å². The third-order valence-corrected chi connectivity index (χ3v) is 6.00. The van der Waals surface area contributed by atoms with Gasteiger partial charge in [0.25, 0.3) is 0 Å². The predicted octanol–water partition coefficient (Wildman–Crippen LogP) is 5.63. The molecule has 0 radical (unpaired) electrons. The van der Waals surface area contributed by atoms with Crippen molar-refractivity contribution in [2.75, 3.05) is 7.11 Å². The summed E-state index contributed by atoms with van der Waals surface area (Å²) in [6, 6.07) is 20.7. The van der Waals surface area contributed by atoms with Crippen LogP contribution in [-0.2, 0) is 11.3 Å². The van der Waals surface area contributed by atoms with Gasteiger partial charge in [-0.25, -0.2) is 4.68 Å². The molecule has 2 heterocycles. The summed E-state index contributed by atoms with van der Waals surface area (Å²) in [5.41, 5.74) is 6.84. The van der Waals surface area contributed by atoms with Crippen LogP contribution in [0.1, 0.15) is 54.4 Å². The minimum Gasteiger partial charge on any atom is -0.374 e. The summed E-state index contributed by atoms with van der Waals surface area (Å²) in [6.45, 7) is 7.60. The SMILES string of the molecule is CCCCn1c(C(C(OC)c2ccccc2)n2nnc3ccccc32)cc(C)c1C. The number of rotatable bonds is 8. The Hall–Kier alpha value is -2.92. The van der Waals surface area contributed by atoms with Crippen molar-refractivity contribution in [3.8, 4) is 0 Å². The maximum atomic E-state index is 6.13. The molecule has 0 saturated carbocycles. The molecular weight excluding hydrogens is 372 g/mol. The molecule has 2 atom stereocenters. The fourth-order valence-corrected chi connectivity index (χ4v) is 4.26. The van der Waals surface area contributed by atoms with Gasteiger partial charge >= 0.3 is 0 Å². The number of methoxy groups -OCH3 is 1. The zero-order chi connectivity index (χ0) is 21.1. The molecule has 4 rings (SSSR count). The van der Waals surface area contributed by atoms with E-state index in [1.807, 2.05) is 28.9 Å². The van der Waals surface area contributed by atoms with Crippen LogP contribution in [0.25, 0.3) is 11.0 Å². The summed E-state index contributed by atoms with van der Waals surface area (Å²) in [5.74, 6) is 0. The van der Waals surface area contributed by atoms with Crippen LogP contribution in [0.2, 0.25) is 0 Å². The molecule has 5 nitrogen and oxygen atoms in total. The topological polar surface area (TPSA) is 44.9 Å². The molecule has 156 valence electrons. The second-order valence-electron chi connectivity index (χ2n) is 7.88. The molecular formula is C25H30N4O. The van der Waals surface area contributed by atoms with Gasteiger partial charge in [0.15, 0.2) is 0 Å². The number of hydrogen-bond donors (Lipinski definition) is 0. The van der Waals surface area contributed by atoms with E-state index in [0.717, 1.165) is 36.0 Å². The average molecular weight is 403 g/mol. The maximum absolute atomic E-state index is 6.13. The van der Waals surface area contributed by atoms with Gasteiger partial charge in [0.05, 0.1) is 5.52 Å². The molecule has 0 saturated heterocycles. The largest absolute Gasteiger partial charge is 0.374 e. The lowest BCUT2D eigenvalue weighted by Crippen LogP contribution is -2.25. The van der Waals surface area contributed by atoms with Crippen LogP contribution >= 0.6 is 0 Å². The van der Waals surface area contributed by atoms with Gasteiger partial charge < -0.3 is 9.30 Å². The van der Waals surface area contributed by atoms with Crippen molar-refractivity contribution in [1.29, 1.82) is 0 Å². The molecule has 0 bridgehead atoms. The second-order valence-corrected chi connectivity index (χ2v) is 7.88. The summed E-state index contributed by atoms with van der Waals surface area (Å²) in [6.07, 6.45) is 2.10. The Morgan fingerprint density at radius 2 is 1.73 bits per heavy atom. The first-order chi connectivity index (χ1) is 14.7. The van der Waals surface area contributed by atoms with Gasteiger partial charge in [0.2, 0.25) is 0 Å². The van der Waals surface area contributed by atoms with Gasteiger partial charge in [-0.1, -0.05) is 61.0 Å². The smallest absolute Gasteiger partial charge is 0.125 e. The van der Waals surface area contributed by atoms with E-state index in [-0.39, 0.29) is 12.1 Å². The van der Waals surface area contributed by atoms with Gasteiger partial charge in [-0.2, -0.15) is 0 Å². The van der Waals surface area contributed by atoms with E-state index in [1.54, 1.807) is 7.11 Å². The molecule has 30 heavy (non-hydrogen) atoms. The van der Waals surface area contributed by atoms with Gasteiger partial charge in [0, 0.05) is 25.0 Å². The van der Waals surface area contributed by atoms with Gasteiger partial charge in [0.1, 0.15) is 17.7 Å². The van der Waals surface area contributed by atoms with Crippen molar-refractivity contribution in [3.63, 3.8) is 0 Å². The summed E-state index contributed by atoms with van der Waals surface area (Å²) < 4.78 is 10.6. The van der Waals surface area contributed by atoms with Crippen LogP contribution < -0.4 is 0 Å². The van der Waals surface area contributed by atoms with Gasteiger partial charge in [-0.15, -0.1) is 5.10 Å². The molecule has 0 aliphatic carbocycles. The van der Waals surface area contributed by atoms with Crippen LogP contribution in [0.4, 0.5) is 0 Å². The number of aryl methyl sites for hydroxylation is 1. The van der Waals surface area contributed by atoms with Gasteiger partial charge in [-0.3, -0.25) is 0 Å². The first-order valence-corrected chi connectivity index (χ1v) is 10.7. The van der Waals surface area contributed by atoms with Crippen LogP contribution in [0.15, 0.2) is 60.7 Å². The number of para-hydroxylation sites is 1.